The van der Waals surface area contributed by atoms with E-state index in [1.54, 1.807) is 31.1 Å². The summed E-state index contributed by atoms with van der Waals surface area (Å²) in [6.45, 7) is 3.65. The molecule has 0 heterocycles. The van der Waals surface area contributed by atoms with E-state index in [1.165, 1.54) is 6.07 Å². The molecule has 1 aromatic carbocycles. The molecule has 106 valence electrons. The quantitative estimate of drug-likeness (QED) is 0.862. The van der Waals surface area contributed by atoms with Gasteiger partial charge in [-0.1, -0.05) is 0 Å². The van der Waals surface area contributed by atoms with Crippen LogP contribution in [0.2, 0.25) is 0 Å². The maximum Gasteiger partial charge on any atom is 0.263 e. The van der Waals surface area contributed by atoms with Gasteiger partial charge in [0.05, 0.1) is 5.69 Å². The van der Waals surface area contributed by atoms with Crippen LogP contribution in [0.4, 0.5) is 5.69 Å². The van der Waals surface area contributed by atoms with Crippen molar-refractivity contribution in [3.8, 4) is 0 Å². The fourth-order valence-electron chi connectivity index (χ4n) is 1.57. The molecule has 5 nitrogen and oxygen atoms in total. The Kier molecular flexibility index (Phi) is 4.81. The third kappa shape index (κ3) is 4.11. The number of benzene rings is 1. The van der Waals surface area contributed by atoms with Crippen molar-refractivity contribution >= 4 is 31.3 Å². The van der Waals surface area contributed by atoms with Crippen molar-refractivity contribution in [3.63, 3.8) is 0 Å². The monoisotopic (exact) mass is 304 g/mol. The van der Waals surface area contributed by atoms with E-state index < -0.39 is 9.05 Å². The van der Waals surface area contributed by atoms with Crippen LogP contribution in [-0.2, 0) is 9.05 Å². The molecule has 0 aliphatic rings. The van der Waals surface area contributed by atoms with Gasteiger partial charge in [-0.25, -0.2) is 8.42 Å². The van der Waals surface area contributed by atoms with E-state index in [9.17, 15) is 13.2 Å². The SMILES string of the molecule is CC(C)NC(=O)c1ccc(N(C)C)c(S(=O)(=O)Cl)c1. The van der Waals surface area contributed by atoms with Gasteiger partial charge >= 0.3 is 0 Å². The molecule has 0 atom stereocenters. The van der Waals surface area contributed by atoms with Gasteiger partial charge in [-0.15, -0.1) is 0 Å². The molecule has 0 aromatic heterocycles. The maximum atomic E-state index is 11.9. The molecule has 0 aliphatic carbocycles. The van der Waals surface area contributed by atoms with Crippen LogP contribution >= 0.6 is 10.7 Å². The molecule has 0 fully saturated rings. The predicted octanol–water partition coefficient (Wildman–Crippen LogP) is 1.82. The smallest absolute Gasteiger partial charge is 0.263 e. The van der Waals surface area contributed by atoms with Crippen LogP contribution in [0, 0.1) is 0 Å². The zero-order chi connectivity index (χ0) is 14.8. The second-order valence-electron chi connectivity index (χ2n) is 4.64. The molecule has 0 saturated heterocycles. The highest BCUT2D eigenvalue weighted by Gasteiger charge is 2.19. The highest BCUT2D eigenvalue weighted by atomic mass is 35.7. The number of nitrogens with one attached hydrogen (secondary N) is 1. The van der Waals surface area contributed by atoms with E-state index in [1.807, 2.05) is 13.8 Å². The first-order chi connectivity index (χ1) is 8.62. The number of rotatable bonds is 4. The summed E-state index contributed by atoms with van der Waals surface area (Å²) >= 11 is 0. The Morgan fingerprint density at radius 2 is 1.89 bits per heavy atom. The van der Waals surface area contributed by atoms with Crippen LogP contribution in [-0.4, -0.2) is 34.5 Å². The molecule has 0 radical (unpaired) electrons. The number of anilines is 1. The van der Waals surface area contributed by atoms with Gasteiger partial charge in [0.15, 0.2) is 0 Å². The van der Waals surface area contributed by atoms with Gasteiger partial charge < -0.3 is 10.2 Å². The lowest BCUT2D eigenvalue weighted by molar-refractivity contribution is 0.0943. The lowest BCUT2D eigenvalue weighted by Gasteiger charge is -2.17. The molecular formula is C12H17ClN2O3S. The molecule has 0 unspecified atom stereocenters. The number of nitrogens with zero attached hydrogens (tertiary/aromatic N) is 1. The summed E-state index contributed by atoms with van der Waals surface area (Å²) in [4.78, 5) is 13.4. The van der Waals surface area contributed by atoms with E-state index in [0.717, 1.165) is 0 Å². The van der Waals surface area contributed by atoms with Gasteiger partial charge in [0, 0.05) is 36.4 Å². The second kappa shape index (κ2) is 5.79. The van der Waals surface area contributed by atoms with E-state index in [4.69, 9.17) is 10.7 Å². The minimum atomic E-state index is -3.91. The maximum absolute atomic E-state index is 11.9. The molecule has 7 heteroatoms. The molecule has 0 saturated carbocycles. The Morgan fingerprint density at radius 3 is 2.32 bits per heavy atom. The molecule has 1 aromatic rings. The summed E-state index contributed by atoms with van der Waals surface area (Å²) in [7, 11) is 4.90. The fourth-order valence-corrected chi connectivity index (χ4v) is 2.70. The lowest BCUT2D eigenvalue weighted by atomic mass is 10.1. The largest absolute Gasteiger partial charge is 0.377 e. The average Bonchev–Trinajstić information content (AvgIpc) is 2.25. The Morgan fingerprint density at radius 1 is 1.32 bits per heavy atom. The topological polar surface area (TPSA) is 66.5 Å². The number of carbonyl (C=O) groups is 1. The van der Waals surface area contributed by atoms with E-state index in [-0.39, 0.29) is 22.4 Å². The average molecular weight is 305 g/mol. The zero-order valence-electron chi connectivity index (χ0n) is 11.3. The molecule has 1 N–H and O–H groups in total. The van der Waals surface area contributed by atoms with Gasteiger partial charge in [-0.05, 0) is 32.0 Å². The molecular weight excluding hydrogens is 288 g/mol. The molecule has 1 rings (SSSR count). The summed E-state index contributed by atoms with van der Waals surface area (Å²) in [5.74, 6) is -0.332. The summed E-state index contributed by atoms with van der Waals surface area (Å²) in [5.41, 5.74) is 0.703. The van der Waals surface area contributed by atoms with Crippen LogP contribution in [0.3, 0.4) is 0 Å². The number of hydrogen-bond acceptors (Lipinski definition) is 4. The summed E-state index contributed by atoms with van der Waals surface area (Å²) in [6, 6.07) is 4.38. The minimum absolute atomic E-state index is 0.0305. The van der Waals surface area contributed by atoms with Gasteiger partial charge in [-0.2, -0.15) is 0 Å². The van der Waals surface area contributed by atoms with Crippen molar-refractivity contribution in [3.05, 3.63) is 23.8 Å². The normalized spacial score (nSPS) is 11.5. The second-order valence-corrected chi connectivity index (χ2v) is 7.18. The summed E-state index contributed by atoms with van der Waals surface area (Å²) in [5, 5.41) is 2.70. The first-order valence-electron chi connectivity index (χ1n) is 5.70. The number of halogens is 1. The Bertz CT molecular complexity index is 583. The van der Waals surface area contributed by atoms with E-state index in [0.29, 0.717) is 5.69 Å². The lowest BCUT2D eigenvalue weighted by Crippen LogP contribution is -2.30. The van der Waals surface area contributed by atoms with Crippen molar-refractivity contribution < 1.29 is 13.2 Å². The van der Waals surface area contributed by atoms with Gasteiger partial charge in [0.2, 0.25) is 0 Å². The van der Waals surface area contributed by atoms with Crippen LogP contribution < -0.4 is 10.2 Å². The van der Waals surface area contributed by atoms with Crippen molar-refractivity contribution in [2.24, 2.45) is 0 Å². The zero-order valence-corrected chi connectivity index (χ0v) is 12.8. The molecule has 1 amide bonds. The molecule has 19 heavy (non-hydrogen) atoms. The van der Waals surface area contributed by atoms with Crippen LogP contribution in [0.15, 0.2) is 23.1 Å². The first-order valence-corrected chi connectivity index (χ1v) is 8.00. The van der Waals surface area contributed by atoms with Crippen LogP contribution in [0.5, 0.6) is 0 Å². The van der Waals surface area contributed by atoms with Crippen molar-refractivity contribution in [1.82, 2.24) is 5.32 Å². The number of carbonyl (C=O) groups excluding carboxylic acids is 1. The van der Waals surface area contributed by atoms with Gasteiger partial charge in [-0.3, -0.25) is 4.79 Å². The van der Waals surface area contributed by atoms with Crippen LogP contribution in [0.1, 0.15) is 24.2 Å². The predicted molar refractivity (Wildman–Crippen MR) is 76.4 cm³/mol. The third-order valence-corrected chi connectivity index (χ3v) is 3.74. The van der Waals surface area contributed by atoms with Gasteiger partial charge in [0.1, 0.15) is 4.90 Å². The first kappa shape index (κ1) is 15.8. The molecule has 0 aliphatic heterocycles. The van der Waals surface area contributed by atoms with E-state index in [2.05, 4.69) is 5.32 Å². The van der Waals surface area contributed by atoms with Crippen LogP contribution in [0.25, 0.3) is 0 Å². The standard InChI is InChI=1S/C12H17ClN2O3S/c1-8(2)14-12(16)9-5-6-10(15(3)4)11(7-9)19(13,17)18/h5-8H,1-4H3,(H,14,16). The summed E-state index contributed by atoms with van der Waals surface area (Å²) < 4.78 is 23.1. The number of amides is 1. The van der Waals surface area contributed by atoms with Crippen molar-refractivity contribution in [1.29, 1.82) is 0 Å². The highest BCUT2D eigenvalue weighted by Crippen LogP contribution is 2.27. The minimum Gasteiger partial charge on any atom is -0.377 e. The third-order valence-electron chi connectivity index (χ3n) is 2.39. The highest BCUT2D eigenvalue weighted by molar-refractivity contribution is 8.13. The Balaban J connectivity index is 3.31. The molecule has 0 spiro atoms. The van der Waals surface area contributed by atoms with Crippen molar-refractivity contribution in [2.45, 2.75) is 24.8 Å². The number of hydrogen-bond donors (Lipinski definition) is 1. The van der Waals surface area contributed by atoms with Gasteiger partial charge in [0.25, 0.3) is 15.0 Å². The fraction of sp³-hybridized carbons (Fsp3) is 0.417. The molecule has 0 bridgehead atoms. The Labute approximate surface area is 118 Å². The van der Waals surface area contributed by atoms with E-state index >= 15 is 0 Å². The Hall–Kier alpha value is -1.27. The summed E-state index contributed by atoms with van der Waals surface area (Å²) in [6.07, 6.45) is 0. The van der Waals surface area contributed by atoms with Crippen molar-refractivity contribution in [2.75, 3.05) is 19.0 Å².